The van der Waals surface area contributed by atoms with Crippen LogP contribution in [0.3, 0.4) is 0 Å². The minimum atomic E-state index is -0.815. The molecule has 0 radical (unpaired) electrons. The van der Waals surface area contributed by atoms with Gasteiger partial charge in [0, 0.05) is 31.9 Å². The summed E-state index contributed by atoms with van der Waals surface area (Å²) in [5.74, 6) is -0.883. The molecule has 1 aromatic heterocycles. The molecule has 1 saturated heterocycles. The van der Waals surface area contributed by atoms with E-state index in [2.05, 4.69) is 9.97 Å². The van der Waals surface area contributed by atoms with Crippen molar-refractivity contribution in [1.82, 2.24) is 14.9 Å². The fourth-order valence-electron chi connectivity index (χ4n) is 2.77. The maximum atomic E-state index is 12.6. The van der Waals surface area contributed by atoms with Crippen LogP contribution in [0.15, 0.2) is 30.6 Å². The predicted molar refractivity (Wildman–Crippen MR) is 75.8 cm³/mol. The van der Waals surface area contributed by atoms with E-state index in [0.717, 1.165) is 6.42 Å². The van der Waals surface area contributed by atoms with Crippen molar-refractivity contribution in [2.75, 3.05) is 13.1 Å². The normalized spacial score (nSPS) is 18.1. The van der Waals surface area contributed by atoms with Gasteiger partial charge in [-0.05, 0) is 24.5 Å². The number of amides is 1. The molecule has 1 N–H and O–H groups in total. The number of aromatic nitrogens is 2. The number of aliphatic carboxylic acids is 1. The summed E-state index contributed by atoms with van der Waals surface area (Å²) in [6.45, 7) is 1.08. The van der Waals surface area contributed by atoms with Crippen LogP contribution in [0.25, 0.3) is 11.0 Å². The van der Waals surface area contributed by atoms with Gasteiger partial charge in [-0.15, -0.1) is 0 Å². The fraction of sp³-hybridized carbons (Fsp3) is 0.333. The van der Waals surface area contributed by atoms with E-state index < -0.39 is 5.97 Å². The van der Waals surface area contributed by atoms with Crippen molar-refractivity contribution in [1.29, 1.82) is 0 Å². The van der Waals surface area contributed by atoms with Crippen molar-refractivity contribution < 1.29 is 14.7 Å². The molecule has 3 rings (SSSR count). The van der Waals surface area contributed by atoms with Gasteiger partial charge in [-0.2, -0.15) is 0 Å². The third-order valence-corrected chi connectivity index (χ3v) is 3.77. The molecule has 1 unspecified atom stereocenters. The summed E-state index contributed by atoms with van der Waals surface area (Å²) >= 11 is 0. The van der Waals surface area contributed by atoms with Crippen molar-refractivity contribution >= 4 is 22.9 Å². The number of carbonyl (C=O) groups excluding carboxylic acids is 1. The van der Waals surface area contributed by atoms with Gasteiger partial charge in [-0.3, -0.25) is 19.6 Å². The Morgan fingerprint density at radius 2 is 2.10 bits per heavy atom. The van der Waals surface area contributed by atoms with E-state index in [9.17, 15) is 9.59 Å². The predicted octanol–water partition coefficient (Wildman–Crippen LogP) is 1.57. The van der Waals surface area contributed by atoms with Crippen LogP contribution >= 0.6 is 0 Å². The van der Waals surface area contributed by atoms with Gasteiger partial charge in [0.15, 0.2) is 0 Å². The van der Waals surface area contributed by atoms with Gasteiger partial charge >= 0.3 is 5.97 Å². The van der Waals surface area contributed by atoms with E-state index in [1.54, 1.807) is 29.4 Å². The number of hydrogen-bond donors (Lipinski definition) is 1. The molecule has 2 aromatic rings. The monoisotopic (exact) mass is 285 g/mol. The summed E-state index contributed by atoms with van der Waals surface area (Å²) in [5.41, 5.74) is 1.80. The van der Waals surface area contributed by atoms with Gasteiger partial charge in [0.2, 0.25) is 0 Å². The Hall–Kier alpha value is -2.50. The standard InChI is InChI=1S/C15H15N3O3/c19-13(20)8-10-4-7-18(9-10)15(21)11-2-1-3-12-14(11)17-6-5-16-12/h1-3,5-6,10H,4,7-9H2,(H,19,20). The van der Waals surface area contributed by atoms with Gasteiger partial charge in [-0.1, -0.05) is 6.07 Å². The molecule has 1 aliphatic heterocycles. The van der Waals surface area contributed by atoms with Crippen LogP contribution in [-0.2, 0) is 4.79 Å². The Labute approximate surface area is 121 Å². The molecule has 0 aliphatic carbocycles. The molecule has 0 saturated carbocycles. The summed E-state index contributed by atoms with van der Waals surface area (Å²) in [6, 6.07) is 5.34. The van der Waals surface area contributed by atoms with E-state index in [0.29, 0.717) is 29.7 Å². The molecular weight excluding hydrogens is 270 g/mol. The minimum absolute atomic E-state index is 0.0347. The van der Waals surface area contributed by atoms with E-state index in [1.165, 1.54) is 0 Å². The maximum absolute atomic E-state index is 12.6. The van der Waals surface area contributed by atoms with Crippen molar-refractivity contribution in [3.8, 4) is 0 Å². The third-order valence-electron chi connectivity index (χ3n) is 3.77. The number of hydrogen-bond acceptors (Lipinski definition) is 4. The topological polar surface area (TPSA) is 83.4 Å². The zero-order valence-corrected chi connectivity index (χ0v) is 11.4. The highest BCUT2D eigenvalue weighted by Gasteiger charge is 2.29. The van der Waals surface area contributed by atoms with Crippen molar-refractivity contribution in [2.24, 2.45) is 5.92 Å². The highest BCUT2D eigenvalue weighted by atomic mass is 16.4. The SMILES string of the molecule is O=C(O)CC1CCN(C(=O)c2cccc3nccnc23)C1. The average molecular weight is 285 g/mol. The maximum Gasteiger partial charge on any atom is 0.303 e. The first-order chi connectivity index (χ1) is 10.1. The van der Waals surface area contributed by atoms with Crippen LogP contribution in [-0.4, -0.2) is 44.9 Å². The summed E-state index contributed by atoms with van der Waals surface area (Å²) in [7, 11) is 0. The summed E-state index contributed by atoms with van der Waals surface area (Å²) in [4.78, 5) is 33.5. The number of carbonyl (C=O) groups is 2. The zero-order valence-electron chi connectivity index (χ0n) is 11.4. The average Bonchev–Trinajstić information content (AvgIpc) is 2.93. The lowest BCUT2D eigenvalue weighted by Gasteiger charge is -2.17. The van der Waals surface area contributed by atoms with E-state index in [-0.39, 0.29) is 18.2 Å². The van der Waals surface area contributed by atoms with Crippen LogP contribution in [0.4, 0.5) is 0 Å². The molecule has 6 heteroatoms. The summed E-state index contributed by atoms with van der Waals surface area (Å²) in [6.07, 6.45) is 4.00. The highest BCUT2D eigenvalue weighted by molar-refractivity contribution is 6.04. The van der Waals surface area contributed by atoms with E-state index in [4.69, 9.17) is 5.11 Å². The highest BCUT2D eigenvalue weighted by Crippen LogP contribution is 2.23. The Bertz CT molecular complexity index is 696. The first-order valence-electron chi connectivity index (χ1n) is 6.86. The van der Waals surface area contributed by atoms with Crippen LogP contribution < -0.4 is 0 Å². The number of benzene rings is 1. The first kappa shape index (κ1) is 13.5. The Morgan fingerprint density at radius 3 is 2.90 bits per heavy atom. The van der Waals surface area contributed by atoms with Gasteiger partial charge in [0.25, 0.3) is 5.91 Å². The molecule has 0 bridgehead atoms. The Morgan fingerprint density at radius 1 is 1.29 bits per heavy atom. The largest absolute Gasteiger partial charge is 0.481 e. The smallest absolute Gasteiger partial charge is 0.303 e. The third kappa shape index (κ3) is 2.69. The Balaban J connectivity index is 1.83. The number of fused-ring (bicyclic) bond motifs is 1. The van der Waals surface area contributed by atoms with E-state index >= 15 is 0 Å². The molecule has 21 heavy (non-hydrogen) atoms. The molecule has 1 aliphatic rings. The first-order valence-corrected chi connectivity index (χ1v) is 6.86. The van der Waals surface area contributed by atoms with Crippen molar-refractivity contribution in [2.45, 2.75) is 12.8 Å². The lowest BCUT2D eigenvalue weighted by atomic mass is 10.1. The second-order valence-corrected chi connectivity index (χ2v) is 5.23. The quantitative estimate of drug-likeness (QED) is 0.925. The molecule has 1 fully saturated rings. The summed E-state index contributed by atoms with van der Waals surface area (Å²) < 4.78 is 0. The van der Waals surface area contributed by atoms with Gasteiger partial charge in [0.05, 0.1) is 11.1 Å². The lowest BCUT2D eigenvalue weighted by Crippen LogP contribution is -2.29. The van der Waals surface area contributed by atoms with Crippen LogP contribution in [0.1, 0.15) is 23.2 Å². The van der Waals surface area contributed by atoms with Crippen LogP contribution in [0.5, 0.6) is 0 Å². The van der Waals surface area contributed by atoms with Gasteiger partial charge < -0.3 is 10.0 Å². The number of likely N-dealkylation sites (tertiary alicyclic amines) is 1. The number of nitrogens with zero attached hydrogens (tertiary/aromatic N) is 3. The molecule has 1 amide bonds. The van der Waals surface area contributed by atoms with Crippen molar-refractivity contribution in [3.05, 3.63) is 36.2 Å². The number of carboxylic acids is 1. The number of carboxylic acid groups (broad SMARTS) is 1. The molecule has 1 atom stereocenters. The second kappa shape index (κ2) is 5.47. The summed E-state index contributed by atoms with van der Waals surface area (Å²) in [5, 5.41) is 8.84. The lowest BCUT2D eigenvalue weighted by molar-refractivity contribution is -0.138. The van der Waals surface area contributed by atoms with Gasteiger partial charge in [0.1, 0.15) is 5.52 Å². The van der Waals surface area contributed by atoms with Crippen molar-refractivity contribution in [3.63, 3.8) is 0 Å². The second-order valence-electron chi connectivity index (χ2n) is 5.23. The fourth-order valence-corrected chi connectivity index (χ4v) is 2.77. The van der Waals surface area contributed by atoms with E-state index in [1.807, 2.05) is 6.07 Å². The Kier molecular flexibility index (Phi) is 3.51. The van der Waals surface area contributed by atoms with Crippen LogP contribution in [0.2, 0.25) is 0 Å². The molecule has 108 valence electrons. The number of rotatable bonds is 3. The molecule has 6 nitrogen and oxygen atoms in total. The molecule has 1 aromatic carbocycles. The minimum Gasteiger partial charge on any atom is -0.481 e. The van der Waals surface area contributed by atoms with Gasteiger partial charge in [-0.25, -0.2) is 0 Å². The van der Waals surface area contributed by atoms with Crippen LogP contribution in [0, 0.1) is 5.92 Å². The number of para-hydroxylation sites is 1. The molecular formula is C15H15N3O3. The molecule has 0 spiro atoms. The zero-order chi connectivity index (χ0) is 14.8. The molecule has 2 heterocycles.